The van der Waals surface area contributed by atoms with Gasteiger partial charge in [0.25, 0.3) is 0 Å². The number of anilines is 1. The Labute approximate surface area is 162 Å². The van der Waals surface area contributed by atoms with Gasteiger partial charge in [-0.3, -0.25) is 4.79 Å². The van der Waals surface area contributed by atoms with Gasteiger partial charge in [0, 0.05) is 31.7 Å². The van der Waals surface area contributed by atoms with Gasteiger partial charge in [-0.05, 0) is 60.6 Å². The summed E-state index contributed by atoms with van der Waals surface area (Å²) in [6, 6.07) is 16.5. The molecule has 1 aliphatic heterocycles. The molecule has 2 aromatic rings. The van der Waals surface area contributed by atoms with Crippen LogP contribution in [0.15, 0.2) is 48.5 Å². The number of nitrogens with one attached hydrogen (secondary N) is 1. The van der Waals surface area contributed by atoms with E-state index >= 15 is 0 Å². The molecule has 0 spiro atoms. The summed E-state index contributed by atoms with van der Waals surface area (Å²) in [4.78, 5) is 14.6. The molecule has 0 radical (unpaired) electrons. The van der Waals surface area contributed by atoms with Crippen molar-refractivity contribution in [3.05, 3.63) is 59.7 Å². The summed E-state index contributed by atoms with van der Waals surface area (Å²) in [6.45, 7) is 5.19. The molecule has 2 aromatic carbocycles. The third-order valence-corrected chi connectivity index (χ3v) is 5.25. The van der Waals surface area contributed by atoms with Gasteiger partial charge in [0.05, 0.1) is 7.11 Å². The van der Waals surface area contributed by atoms with Crippen molar-refractivity contribution in [2.75, 3.05) is 25.1 Å². The molecule has 1 saturated heterocycles. The van der Waals surface area contributed by atoms with Crippen molar-refractivity contribution in [2.24, 2.45) is 5.92 Å². The van der Waals surface area contributed by atoms with E-state index in [4.69, 9.17) is 4.74 Å². The van der Waals surface area contributed by atoms with Crippen LogP contribution in [0.25, 0.3) is 0 Å². The molecular weight excluding hydrogens is 336 g/mol. The monoisotopic (exact) mass is 366 g/mol. The van der Waals surface area contributed by atoms with Crippen LogP contribution < -0.4 is 15.0 Å². The van der Waals surface area contributed by atoms with Gasteiger partial charge >= 0.3 is 0 Å². The fraction of sp³-hybridized carbons (Fsp3) is 0.435. The van der Waals surface area contributed by atoms with Crippen molar-refractivity contribution in [3.63, 3.8) is 0 Å². The second-order valence-electron chi connectivity index (χ2n) is 7.48. The van der Waals surface area contributed by atoms with Crippen molar-refractivity contribution in [1.82, 2.24) is 5.32 Å². The predicted molar refractivity (Wildman–Crippen MR) is 110 cm³/mol. The maximum Gasteiger partial charge on any atom is 0.220 e. The Balaban J connectivity index is 1.43. The maximum absolute atomic E-state index is 12.1. The summed E-state index contributed by atoms with van der Waals surface area (Å²) in [6.07, 6.45) is 3.84. The Morgan fingerprint density at radius 1 is 1.11 bits per heavy atom. The second kappa shape index (κ2) is 9.45. The minimum Gasteiger partial charge on any atom is -0.497 e. The van der Waals surface area contributed by atoms with E-state index in [2.05, 4.69) is 41.4 Å². The van der Waals surface area contributed by atoms with Gasteiger partial charge in [0.15, 0.2) is 0 Å². The summed E-state index contributed by atoms with van der Waals surface area (Å²) >= 11 is 0. The molecule has 3 rings (SSSR count). The van der Waals surface area contributed by atoms with Gasteiger partial charge in [-0.15, -0.1) is 0 Å². The zero-order valence-corrected chi connectivity index (χ0v) is 16.4. The predicted octanol–water partition coefficient (Wildman–Crippen LogP) is 4.18. The summed E-state index contributed by atoms with van der Waals surface area (Å²) < 4.78 is 5.15. The average Bonchev–Trinajstić information content (AvgIpc) is 2.71. The van der Waals surface area contributed by atoms with E-state index in [0.717, 1.165) is 42.3 Å². The fourth-order valence-corrected chi connectivity index (χ4v) is 3.59. The summed E-state index contributed by atoms with van der Waals surface area (Å²) in [5.74, 6) is 1.69. The number of benzene rings is 2. The number of amides is 1. The minimum absolute atomic E-state index is 0.0831. The van der Waals surface area contributed by atoms with Crippen molar-refractivity contribution >= 4 is 11.6 Å². The van der Waals surface area contributed by atoms with E-state index in [1.165, 1.54) is 18.5 Å². The standard InChI is InChI=1S/C23H30N2O2/c1-18-4-3-15-25(17-18)21-10-5-20(6-11-21)16-24-23(26)14-9-19-7-12-22(27-2)13-8-19/h5-8,10-13,18H,3-4,9,14-17H2,1-2H3,(H,24,26)/t18-/m0/s1. The van der Waals surface area contributed by atoms with Crippen LogP contribution in [0.5, 0.6) is 5.75 Å². The smallest absolute Gasteiger partial charge is 0.220 e. The normalized spacial score (nSPS) is 16.8. The quantitative estimate of drug-likeness (QED) is 0.799. The number of hydrogen-bond donors (Lipinski definition) is 1. The third-order valence-electron chi connectivity index (χ3n) is 5.25. The van der Waals surface area contributed by atoms with Gasteiger partial charge in [-0.1, -0.05) is 31.2 Å². The van der Waals surface area contributed by atoms with Crippen LogP contribution in [0.4, 0.5) is 5.69 Å². The zero-order valence-electron chi connectivity index (χ0n) is 16.4. The molecule has 1 atom stereocenters. The van der Waals surface area contributed by atoms with Crippen molar-refractivity contribution in [2.45, 2.75) is 39.2 Å². The van der Waals surface area contributed by atoms with Crippen LogP contribution in [0.2, 0.25) is 0 Å². The summed E-state index contributed by atoms with van der Waals surface area (Å²) in [7, 11) is 1.65. The van der Waals surface area contributed by atoms with Crippen LogP contribution in [-0.2, 0) is 17.8 Å². The molecule has 1 aliphatic rings. The van der Waals surface area contributed by atoms with E-state index in [1.54, 1.807) is 7.11 Å². The molecule has 0 bridgehead atoms. The van der Waals surface area contributed by atoms with Crippen molar-refractivity contribution in [3.8, 4) is 5.75 Å². The van der Waals surface area contributed by atoms with Crippen LogP contribution in [-0.4, -0.2) is 26.1 Å². The lowest BCUT2D eigenvalue weighted by Crippen LogP contribution is -2.34. The lowest BCUT2D eigenvalue weighted by molar-refractivity contribution is -0.121. The zero-order chi connectivity index (χ0) is 19.1. The SMILES string of the molecule is COc1ccc(CCC(=O)NCc2ccc(N3CCC[C@H](C)C3)cc2)cc1. The topological polar surface area (TPSA) is 41.6 Å². The molecule has 1 heterocycles. The van der Waals surface area contributed by atoms with E-state index in [1.807, 2.05) is 24.3 Å². The number of methoxy groups -OCH3 is 1. The van der Waals surface area contributed by atoms with E-state index in [-0.39, 0.29) is 5.91 Å². The third kappa shape index (κ3) is 5.75. The molecule has 4 heteroatoms. The Morgan fingerprint density at radius 2 is 1.81 bits per heavy atom. The van der Waals surface area contributed by atoms with Crippen LogP contribution in [0.1, 0.15) is 37.3 Å². The Morgan fingerprint density at radius 3 is 2.48 bits per heavy atom. The molecule has 0 saturated carbocycles. The number of aryl methyl sites for hydroxylation is 1. The van der Waals surface area contributed by atoms with Gasteiger partial charge in [-0.2, -0.15) is 0 Å². The van der Waals surface area contributed by atoms with Crippen LogP contribution in [0.3, 0.4) is 0 Å². The minimum atomic E-state index is 0.0831. The summed E-state index contributed by atoms with van der Waals surface area (Å²) in [5.41, 5.74) is 3.57. The molecular formula is C23H30N2O2. The Bertz CT molecular complexity index is 725. The largest absolute Gasteiger partial charge is 0.497 e. The number of carbonyl (C=O) groups excluding carboxylic acids is 1. The van der Waals surface area contributed by atoms with Gasteiger partial charge < -0.3 is 15.0 Å². The first-order valence-corrected chi connectivity index (χ1v) is 9.87. The number of rotatable bonds is 7. The van der Waals surface area contributed by atoms with Gasteiger partial charge in [0.1, 0.15) is 5.75 Å². The molecule has 4 nitrogen and oxygen atoms in total. The van der Waals surface area contributed by atoms with Crippen molar-refractivity contribution in [1.29, 1.82) is 0 Å². The molecule has 1 fully saturated rings. The number of piperidine rings is 1. The molecule has 1 N–H and O–H groups in total. The highest BCUT2D eigenvalue weighted by Gasteiger charge is 2.16. The highest BCUT2D eigenvalue weighted by atomic mass is 16.5. The number of nitrogens with zero attached hydrogens (tertiary/aromatic N) is 1. The lowest BCUT2D eigenvalue weighted by atomic mass is 9.99. The molecule has 0 unspecified atom stereocenters. The molecule has 0 aliphatic carbocycles. The number of hydrogen-bond acceptors (Lipinski definition) is 3. The summed E-state index contributed by atoms with van der Waals surface area (Å²) in [5, 5.41) is 3.02. The lowest BCUT2D eigenvalue weighted by Gasteiger charge is -2.32. The van der Waals surface area contributed by atoms with Gasteiger partial charge in [0.2, 0.25) is 5.91 Å². The molecule has 144 valence electrons. The molecule has 0 aromatic heterocycles. The fourth-order valence-electron chi connectivity index (χ4n) is 3.59. The second-order valence-corrected chi connectivity index (χ2v) is 7.48. The number of ether oxygens (including phenoxy) is 1. The van der Waals surface area contributed by atoms with E-state index in [0.29, 0.717) is 13.0 Å². The van der Waals surface area contributed by atoms with E-state index in [9.17, 15) is 4.79 Å². The van der Waals surface area contributed by atoms with Crippen molar-refractivity contribution < 1.29 is 9.53 Å². The Hall–Kier alpha value is -2.49. The average molecular weight is 367 g/mol. The maximum atomic E-state index is 12.1. The van der Waals surface area contributed by atoms with Gasteiger partial charge in [-0.25, -0.2) is 0 Å². The first-order chi connectivity index (χ1) is 13.1. The van der Waals surface area contributed by atoms with Crippen LogP contribution in [0, 0.1) is 5.92 Å². The molecule has 27 heavy (non-hydrogen) atoms. The first-order valence-electron chi connectivity index (χ1n) is 9.87. The van der Waals surface area contributed by atoms with E-state index < -0.39 is 0 Å². The van der Waals surface area contributed by atoms with Crippen LogP contribution >= 0.6 is 0 Å². The highest BCUT2D eigenvalue weighted by molar-refractivity contribution is 5.76. The highest BCUT2D eigenvalue weighted by Crippen LogP contribution is 2.23. The Kier molecular flexibility index (Phi) is 6.74. The first kappa shape index (κ1) is 19.3. The number of carbonyl (C=O) groups is 1. The molecule has 1 amide bonds.